The number of rotatable bonds is 2. The smallest absolute Gasteiger partial charge is 0.255 e. The SMILES string of the molecule is O=C(Nc1ccc2c3c(c(=O)[nH]c2c1)CCC3)c1cccc(Cl)c1. The summed E-state index contributed by atoms with van der Waals surface area (Å²) in [4.78, 5) is 27.4. The summed E-state index contributed by atoms with van der Waals surface area (Å²) in [6.45, 7) is 0. The molecule has 24 heavy (non-hydrogen) atoms. The number of pyridine rings is 1. The Morgan fingerprint density at radius 2 is 1.92 bits per heavy atom. The molecule has 1 heterocycles. The van der Waals surface area contributed by atoms with Crippen LogP contribution in [0.1, 0.15) is 27.9 Å². The van der Waals surface area contributed by atoms with Gasteiger partial charge in [-0.25, -0.2) is 0 Å². The highest BCUT2D eigenvalue weighted by atomic mass is 35.5. The molecule has 0 unspecified atom stereocenters. The molecule has 120 valence electrons. The lowest BCUT2D eigenvalue weighted by molar-refractivity contribution is 0.102. The number of H-pyrrole nitrogens is 1. The summed E-state index contributed by atoms with van der Waals surface area (Å²) >= 11 is 5.92. The number of carbonyl (C=O) groups excluding carboxylic acids is 1. The van der Waals surface area contributed by atoms with Gasteiger partial charge in [-0.1, -0.05) is 23.7 Å². The van der Waals surface area contributed by atoms with Gasteiger partial charge in [-0.2, -0.15) is 0 Å². The Labute approximate surface area is 143 Å². The maximum Gasteiger partial charge on any atom is 0.255 e. The van der Waals surface area contributed by atoms with Gasteiger partial charge in [0.2, 0.25) is 0 Å². The number of nitrogens with one attached hydrogen (secondary N) is 2. The fourth-order valence-electron chi connectivity index (χ4n) is 3.31. The molecule has 4 rings (SSSR count). The zero-order valence-corrected chi connectivity index (χ0v) is 13.6. The van der Waals surface area contributed by atoms with Crippen molar-refractivity contribution in [3.8, 4) is 0 Å². The molecule has 1 aliphatic rings. The van der Waals surface area contributed by atoms with E-state index in [0.29, 0.717) is 16.3 Å². The number of carbonyl (C=O) groups is 1. The van der Waals surface area contributed by atoms with Gasteiger partial charge in [0, 0.05) is 27.2 Å². The summed E-state index contributed by atoms with van der Waals surface area (Å²) in [5, 5.41) is 4.42. The lowest BCUT2D eigenvalue weighted by atomic mass is 10.1. The van der Waals surface area contributed by atoms with E-state index in [1.807, 2.05) is 12.1 Å². The number of aromatic nitrogens is 1. The van der Waals surface area contributed by atoms with Crippen LogP contribution in [0.2, 0.25) is 5.02 Å². The molecule has 1 aromatic heterocycles. The highest BCUT2D eigenvalue weighted by molar-refractivity contribution is 6.31. The molecule has 0 bridgehead atoms. The van der Waals surface area contributed by atoms with Crippen molar-refractivity contribution >= 4 is 34.1 Å². The number of hydrogen-bond acceptors (Lipinski definition) is 2. The molecule has 0 saturated carbocycles. The Hall–Kier alpha value is -2.59. The number of aromatic amines is 1. The standard InChI is InChI=1S/C19H15ClN2O2/c20-12-4-1-3-11(9-12)18(23)21-13-7-8-15-14-5-2-6-16(14)19(24)22-17(15)10-13/h1,3-4,7-10H,2,5-6H2,(H,21,23)(H,22,24). The molecule has 2 aromatic carbocycles. The number of amides is 1. The molecule has 0 spiro atoms. The first kappa shape index (κ1) is 15.0. The summed E-state index contributed by atoms with van der Waals surface area (Å²) in [6.07, 6.45) is 2.79. The van der Waals surface area contributed by atoms with E-state index in [2.05, 4.69) is 10.3 Å². The first-order valence-electron chi connectivity index (χ1n) is 7.86. The van der Waals surface area contributed by atoms with Crippen LogP contribution >= 0.6 is 11.6 Å². The Balaban J connectivity index is 1.70. The Morgan fingerprint density at radius 3 is 2.75 bits per heavy atom. The Bertz CT molecular complexity index is 1020. The van der Waals surface area contributed by atoms with E-state index in [9.17, 15) is 9.59 Å². The molecule has 1 aliphatic carbocycles. The van der Waals surface area contributed by atoms with Crippen molar-refractivity contribution in [1.82, 2.24) is 4.98 Å². The number of benzene rings is 2. The second-order valence-electron chi connectivity index (χ2n) is 5.99. The van der Waals surface area contributed by atoms with E-state index in [-0.39, 0.29) is 11.5 Å². The quantitative estimate of drug-likeness (QED) is 0.744. The van der Waals surface area contributed by atoms with Crippen molar-refractivity contribution in [3.63, 3.8) is 0 Å². The first-order valence-corrected chi connectivity index (χ1v) is 8.24. The summed E-state index contributed by atoms with van der Waals surface area (Å²) in [7, 11) is 0. The Kier molecular flexibility index (Phi) is 3.62. The summed E-state index contributed by atoms with van der Waals surface area (Å²) in [5.41, 5.74) is 3.91. The van der Waals surface area contributed by atoms with E-state index in [4.69, 9.17) is 11.6 Å². The fourth-order valence-corrected chi connectivity index (χ4v) is 3.50. The van der Waals surface area contributed by atoms with Crippen LogP contribution in [-0.2, 0) is 12.8 Å². The second-order valence-corrected chi connectivity index (χ2v) is 6.43. The van der Waals surface area contributed by atoms with Crippen LogP contribution in [0.15, 0.2) is 47.3 Å². The van der Waals surface area contributed by atoms with Gasteiger partial charge in [0.25, 0.3) is 11.5 Å². The van der Waals surface area contributed by atoms with Crippen LogP contribution in [0.4, 0.5) is 5.69 Å². The topological polar surface area (TPSA) is 62.0 Å². The Morgan fingerprint density at radius 1 is 1.08 bits per heavy atom. The second kappa shape index (κ2) is 5.80. The van der Waals surface area contributed by atoms with Crippen LogP contribution in [0.25, 0.3) is 10.9 Å². The predicted molar refractivity (Wildman–Crippen MR) is 96.0 cm³/mol. The highest BCUT2D eigenvalue weighted by Crippen LogP contribution is 2.28. The van der Waals surface area contributed by atoms with Crippen LogP contribution in [-0.4, -0.2) is 10.9 Å². The van der Waals surface area contributed by atoms with Crippen LogP contribution < -0.4 is 10.9 Å². The molecule has 0 radical (unpaired) electrons. The minimum Gasteiger partial charge on any atom is -0.322 e. The molecule has 1 amide bonds. The third-order valence-corrected chi connectivity index (χ3v) is 4.66. The number of hydrogen-bond donors (Lipinski definition) is 2. The largest absolute Gasteiger partial charge is 0.322 e. The predicted octanol–water partition coefficient (Wildman–Crippen LogP) is 3.92. The van der Waals surface area contributed by atoms with Gasteiger partial charge in [-0.05, 0) is 55.2 Å². The van der Waals surface area contributed by atoms with Crippen molar-refractivity contribution in [3.05, 3.63) is 74.5 Å². The normalized spacial score (nSPS) is 13.0. The van der Waals surface area contributed by atoms with Gasteiger partial charge >= 0.3 is 0 Å². The van der Waals surface area contributed by atoms with Crippen molar-refractivity contribution in [2.24, 2.45) is 0 Å². The molecule has 0 saturated heterocycles. The maximum absolute atomic E-state index is 12.3. The van der Waals surface area contributed by atoms with Crippen LogP contribution in [0.3, 0.4) is 0 Å². The molecule has 3 aromatic rings. The van der Waals surface area contributed by atoms with Crippen molar-refractivity contribution in [2.75, 3.05) is 5.32 Å². The monoisotopic (exact) mass is 338 g/mol. The molecule has 0 aliphatic heterocycles. The fraction of sp³-hybridized carbons (Fsp3) is 0.158. The van der Waals surface area contributed by atoms with Gasteiger partial charge in [0.1, 0.15) is 0 Å². The average molecular weight is 339 g/mol. The van der Waals surface area contributed by atoms with E-state index in [1.165, 1.54) is 0 Å². The lowest BCUT2D eigenvalue weighted by Gasteiger charge is -2.09. The van der Waals surface area contributed by atoms with Crippen LogP contribution in [0, 0.1) is 0 Å². The summed E-state index contributed by atoms with van der Waals surface area (Å²) < 4.78 is 0. The number of anilines is 1. The zero-order chi connectivity index (χ0) is 16.7. The third-order valence-electron chi connectivity index (χ3n) is 4.43. The zero-order valence-electron chi connectivity index (χ0n) is 12.9. The highest BCUT2D eigenvalue weighted by Gasteiger charge is 2.18. The molecular formula is C19H15ClN2O2. The summed E-state index contributed by atoms with van der Waals surface area (Å²) in [5.74, 6) is -0.236. The molecule has 2 N–H and O–H groups in total. The number of halogens is 1. The van der Waals surface area contributed by atoms with E-state index < -0.39 is 0 Å². The van der Waals surface area contributed by atoms with E-state index in [0.717, 1.165) is 41.3 Å². The molecule has 5 heteroatoms. The van der Waals surface area contributed by atoms with E-state index >= 15 is 0 Å². The van der Waals surface area contributed by atoms with Gasteiger partial charge in [-0.15, -0.1) is 0 Å². The van der Waals surface area contributed by atoms with Crippen molar-refractivity contribution < 1.29 is 4.79 Å². The number of aryl methyl sites for hydroxylation is 1. The van der Waals surface area contributed by atoms with E-state index in [1.54, 1.807) is 30.3 Å². The molecule has 4 nitrogen and oxygen atoms in total. The maximum atomic E-state index is 12.3. The molecule has 0 fully saturated rings. The molecule has 0 atom stereocenters. The van der Waals surface area contributed by atoms with Gasteiger partial charge in [-0.3, -0.25) is 9.59 Å². The van der Waals surface area contributed by atoms with Crippen molar-refractivity contribution in [1.29, 1.82) is 0 Å². The lowest BCUT2D eigenvalue weighted by Crippen LogP contribution is -2.14. The summed E-state index contributed by atoms with van der Waals surface area (Å²) in [6, 6.07) is 12.4. The third kappa shape index (κ3) is 2.59. The number of fused-ring (bicyclic) bond motifs is 3. The van der Waals surface area contributed by atoms with Crippen molar-refractivity contribution in [2.45, 2.75) is 19.3 Å². The van der Waals surface area contributed by atoms with Gasteiger partial charge in [0.05, 0.1) is 5.52 Å². The van der Waals surface area contributed by atoms with Crippen LogP contribution in [0.5, 0.6) is 0 Å². The molecular weight excluding hydrogens is 324 g/mol. The minimum atomic E-state index is -0.236. The first-order chi connectivity index (χ1) is 11.6. The average Bonchev–Trinajstić information content (AvgIpc) is 3.05. The minimum absolute atomic E-state index is 0.0201. The van der Waals surface area contributed by atoms with Gasteiger partial charge < -0.3 is 10.3 Å². The van der Waals surface area contributed by atoms with Gasteiger partial charge in [0.15, 0.2) is 0 Å².